The molecule has 7 heteroatoms. The third kappa shape index (κ3) is 6.44. The predicted octanol–water partition coefficient (Wildman–Crippen LogP) is 7.00. The van der Waals surface area contributed by atoms with E-state index in [0.29, 0.717) is 25.5 Å². The Morgan fingerprint density at radius 1 is 1.17 bits per heavy atom. The number of aliphatic hydroxyl groups is 1. The highest BCUT2D eigenvalue weighted by Gasteiger charge is 2.46. The standard InChI is InChI=1S/C28H45NO4Si2/c1-21-14-15-28(31,19-25(21)33-35(8,9)27(2,3)4)26(30)24-18-22-12-10-11-13-23(22)29(24)20-32-16-17-34(5,6)7/h10-14,18,25,31H,15-17,19-20H2,1-9H3/t25-,28+/m1/s1. The molecule has 2 atom stereocenters. The fourth-order valence-corrected chi connectivity index (χ4v) is 6.27. The van der Waals surface area contributed by atoms with Crippen LogP contribution in [-0.2, 0) is 15.9 Å². The van der Waals surface area contributed by atoms with Crippen molar-refractivity contribution in [2.75, 3.05) is 6.61 Å². The number of ketones is 1. The summed E-state index contributed by atoms with van der Waals surface area (Å²) in [5.41, 5.74) is 1.05. The molecule has 0 fully saturated rings. The second-order valence-corrected chi connectivity index (χ2v) is 23.3. The van der Waals surface area contributed by atoms with Crippen molar-refractivity contribution in [2.45, 2.75) is 103 Å². The van der Waals surface area contributed by atoms with Gasteiger partial charge in [0.15, 0.2) is 8.32 Å². The van der Waals surface area contributed by atoms with Crippen molar-refractivity contribution in [3.8, 4) is 0 Å². The van der Waals surface area contributed by atoms with Gasteiger partial charge in [0.25, 0.3) is 0 Å². The number of rotatable bonds is 9. The van der Waals surface area contributed by atoms with Crippen molar-refractivity contribution in [1.29, 1.82) is 0 Å². The van der Waals surface area contributed by atoms with Crippen molar-refractivity contribution in [3.05, 3.63) is 47.7 Å². The largest absolute Gasteiger partial charge is 0.410 e. The summed E-state index contributed by atoms with van der Waals surface area (Å²) in [6.07, 6.45) is 2.30. The molecule has 1 heterocycles. The molecule has 194 valence electrons. The zero-order valence-electron chi connectivity index (χ0n) is 23.2. The SMILES string of the molecule is CC1=CC[C@@](O)(C(=O)c2cc3ccccc3n2COCC[Si](C)(C)C)C[C@H]1O[Si](C)(C)C(C)(C)C. The van der Waals surface area contributed by atoms with E-state index in [1.54, 1.807) is 0 Å². The Hall–Kier alpha value is -1.52. The second-order valence-electron chi connectivity index (χ2n) is 12.9. The first-order valence-electron chi connectivity index (χ1n) is 12.8. The zero-order chi connectivity index (χ0) is 26.2. The van der Waals surface area contributed by atoms with Gasteiger partial charge >= 0.3 is 0 Å². The third-order valence-corrected chi connectivity index (χ3v) is 13.9. The Balaban J connectivity index is 1.88. The molecule has 5 nitrogen and oxygen atoms in total. The van der Waals surface area contributed by atoms with Crippen LogP contribution in [0.15, 0.2) is 42.0 Å². The molecule has 0 radical (unpaired) electrons. The molecule has 1 N–H and O–H groups in total. The van der Waals surface area contributed by atoms with E-state index in [-0.39, 0.29) is 23.3 Å². The lowest BCUT2D eigenvalue weighted by Crippen LogP contribution is -2.50. The van der Waals surface area contributed by atoms with Crippen molar-refractivity contribution >= 4 is 33.1 Å². The van der Waals surface area contributed by atoms with Crippen LogP contribution in [0.25, 0.3) is 10.9 Å². The number of nitrogens with zero attached hydrogens (tertiary/aromatic N) is 1. The van der Waals surface area contributed by atoms with Gasteiger partial charge in [-0.3, -0.25) is 4.79 Å². The van der Waals surface area contributed by atoms with Crippen LogP contribution in [0.4, 0.5) is 0 Å². The van der Waals surface area contributed by atoms with E-state index in [1.807, 2.05) is 47.9 Å². The molecule has 1 aromatic heterocycles. The molecule has 1 aliphatic rings. The first-order chi connectivity index (χ1) is 16.0. The Bertz CT molecular complexity index is 1090. The molecule has 0 unspecified atom stereocenters. The Morgan fingerprint density at radius 3 is 2.46 bits per heavy atom. The summed E-state index contributed by atoms with van der Waals surface area (Å²) >= 11 is 0. The number of ether oxygens (including phenoxy) is 1. The van der Waals surface area contributed by atoms with Crippen LogP contribution in [-0.4, -0.2) is 50.2 Å². The average molecular weight is 516 g/mol. The van der Waals surface area contributed by atoms with E-state index in [0.717, 1.165) is 22.5 Å². The Morgan fingerprint density at radius 2 is 1.83 bits per heavy atom. The molecular weight excluding hydrogens is 470 g/mol. The number of carbonyl (C=O) groups excluding carboxylic acids is 1. The summed E-state index contributed by atoms with van der Waals surface area (Å²) in [6.45, 7) is 21.0. The average Bonchev–Trinajstić information content (AvgIpc) is 3.10. The predicted molar refractivity (Wildman–Crippen MR) is 150 cm³/mol. The Labute approximate surface area is 213 Å². The van der Waals surface area contributed by atoms with Gasteiger partial charge in [-0.25, -0.2) is 0 Å². The van der Waals surface area contributed by atoms with E-state index in [1.165, 1.54) is 0 Å². The van der Waals surface area contributed by atoms with Crippen molar-refractivity contribution in [2.24, 2.45) is 0 Å². The molecule has 1 aromatic carbocycles. The molecule has 1 aliphatic carbocycles. The summed E-state index contributed by atoms with van der Waals surface area (Å²) in [6, 6.07) is 10.9. The minimum absolute atomic E-state index is 0.0481. The number of carbonyl (C=O) groups is 1. The van der Waals surface area contributed by atoms with Gasteiger partial charge in [-0.1, -0.05) is 64.7 Å². The monoisotopic (exact) mass is 515 g/mol. The number of fused-ring (bicyclic) bond motifs is 1. The summed E-state index contributed by atoms with van der Waals surface area (Å²) < 4.78 is 14.6. The maximum Gasteiger partial charge on any atom is 0.211 e. The van der Waals surface area contributed by atoms with Gasteiger partial charge < -0.3 is 18.8 Å². The highest BCUT2D eigenvalue weighted by molar-refractivity contribution is 6.76. The minimum atomic E-state index is -2.07. The van der Waals surface area contributed by atoms with Crippen LogP contribution < -0.4 is 0 Å². The molecule has 0 saturated heterocycles. The van der Waals surface area contributed by atoms with Crippen molar-refractivity contribution in [1.82, 2.24) is 4.57 Å². The first-order valence-corrected chi connectivity index (χ1v) is 19.4. The van der Waals surface area contributed by atoms with E-state index >= 15 is 0 Å². The van der Waals surface area contributed by atoms with Gasteiger partial charge in [0.2, 0.25) is 5.78 Å². The summed E-state index contributed by atoms with van der Waals surface area (Å²) in [5, 5.41) is 12.7. The smallest absolute Gasteiger partial charge is 0.211 e. The van der Waals surface area contributed by atoms with Gasteiger partial charge in [0.05, 0.1) is 17.3 Å². The number of para-hydroxylation sites is 1. The molecule has 0 spiro atoms. The summed E-state index contributed by atoms with van der Waals surface area (Å²) in [5.74, 6) is -0.255. The van der Waals surface area contributed by atoms with E-state index < -0.39 is 22.0 Å². The zero-order valence-corrected chi connectivity index (χ0v) is 25.2. The van der Waals surface area contributed by atoms with Crippen LogP contribution in [0.3, 0.4) is 0 Å². The fourth-order valence-electron chi connectivity index (χ4n) is 4.17. The molecule has 0 bridgehead atoms. The number of hydrogen-bond acceptors (Lipinski definition) is 4. The maximum absolute atomic E-state index is 13.9. The fraction of sp³-hybridized carbons (Fsp3) is 0.607. The first kappa shape index (κ1) is 28.1. The van der Waals surface area contributed by atoms with Crippen LogP contribution in [0.1, 0.15) is 51.0 Å². The highest BCUT2D eigenvalue weighted by Crippen LogP contribution is 2.41. The number of aromatic nitrogens is 1. The van der Waals surface area contributed by atoms with Crippen LogP contribution in [0, 0.1) is 0 Å². The molecule has 35 heavy (non-hydrogen) atoms. The molecule has 2 aromatic rings. The summed E-state index contributed by atoms with van der Waals surface area (Å²) in [7, 11) is -3.28. The van der Waals surface area contributed by atoms with Crippen molar-refractivity contribution in [3.63, 3.8) is 0 Å². The van der Waals surface area contributed by atoms with Crippen molar-refractivity contribution < 1.29 is 19.1 Å². The van der Waals surface area contributed by atoms with Crippen LogP contribution >= 0.6 is 0 Å². The van der Waals surface area contributed by atoms with E-state index in [9.17, 15) is 9.90 Å². The molecule has 3 rings (SSSR count). The second kappa shape index (κ2) is 10.1. The number of Topliss-reactive ketones (excluding diaryl/α,β-unsaturated/α-hetero) is 1. The van der Waals surface area contributed by atoms with Gasteiger partial charge in [0, 0.05) is 32.9 Å². The Kier molecular flexibility index (Phi) is 8.09. The van der Waals surface area contributed by atoms with Gasteiger partial charge in [-0.15, -0.1) is 0 Å². The molecular formula is C28H45NO4Si2. The van der Waals surface area contributed by atoms with E-state index in [2.05, 4.69) is 53.5 Å². The number of hydrogen-bond donors (Lipinski definition) is 1. The quantitative estimate of drug-likeness (QED) is 0.169. The van der Waals surface area contributed by atoms with Gasteiger partial charge in [0.1, 0.15) is 12.3 Å². The van der Waals surface area contributed by atoms with Gasteiger partial charge in [-0.2, -0.15) is 0 Å². The lowest BCUT2D eigenvalue weighted by molar-refractivity contribution is 0.00341. The topological polar surface area (TPSA) is 60.7 Å². The minimum Gasteiger partial charge on any atom is -0.410 e. The van der Waals surface area contributed by atoms with Gasteiger partial charge in [-0.05, 0) is 48.8 Å². The third-order valence-electron chi connectivity index (χ3n) is 7.72. The normalized spacial score (nSPS) is 21.9. The summed E-state index contributed by atoms with van der Waals surface area (Å²) in [4.78, 5) is 13.9. The van der Waals surface area contributed by atoms with Crippen LogP contribution in [0.2, 0.25) is 43.8 Å². The number of benzene rings is 1. The lowest BCUT2D eigenvalue weighted by atomic mass is 9.80. The molecule has 0 saturated carbocycles. The highest BCUT2D eigenvalue weighted by atomic mass is 28.4. The molecule has 0 aliphatic heterocycles. The maximum atomic E-state index is 13.9. The lowest BCUT2D eigenvalue weighted by Gasteiger charge is -2.43. The van der Waals surface area contributed by atoms with Crippen LogP contribution in [0.5, 0.6) is 0 Å². The van der Waals surface area contributed by atoms with E-state index in [4.69, 9.17) is 9.16 Å². The molecule has 0 amide bonds.